The van der Waals surface area contributed by atoms with Crippen molar-refractivity contribution in [3.63, 3.8) is 0 Å². The number of unbranched alkanes of at least 4 members (excludes halogenated alkanes) is 1. The summed E-state index contributed by atoms with van der Waals surface area (Å²) in [5.41, 5.74) is 2.60. The molecule has 0 unspecified atom stereocenters. The number of nitrogens with one attached hydrogen (secondary N) is 2. The van der Waals surface area contributed by atoms with Crippen LogP contribution in [-0.4, -0.2) is 52.5 Å². The number of anilines is 2. The van der Waals surface area contributed by atoms with E-state index in [1.165, 1.54) is 12.1 Å². The molecule has 0 saturated carbocycles. The molecule has 2 N–H and O–H groups in total. The number of imidazole rings is 1. The second kappa shape index (κ2) is 11.4. The van der Waals surface area contributed by atoms with Gasteiger partial charge in [0.05, 0.1) is 23.7 Å². The second-order valence-corrected chi connectivity index (χ2v) is 9.07. The van der Waals surface area contributed by atoms with Crippen molar-refractivity contribution in [3.05, 3.63) is 78.4 Å². The summed E-state index contributed by atoms with van der Waals surface area (Å²) < 4.78 is 42.9. The van der Waals surface area contributed by atoms with Crippen molar-refractivity contribution in [2.45, 2.75) is 25.4 Å². The standard InChI is InChI=1S/C27H29F3N6O/c1-35(2)14-4-3-12-32-23-10-7-20(16-22(23)27(28,29)30)34-26(37)15-19-5-8-21(9-6-19)36-18-33-24-17-31-13-11-25(24)36/h5-11,13,16-18,32H,3-4,12,14-15H2,1-2H3,(H,34,37). The first-order chi connectivity index (χ1) is 17.7. The number of aromatic nitrogens is 3. The highest BCUT2D eigenvalue weighted by molar-refractivity contribution is 5.92. The van der Waals surface area contributed by atoms with Gasteiger partial charge in [-0.3, -0.25) is 14.3 Å². The lowest BCUT2D eigenvalue weighted by molar-refractivity contribution is -0.137. The molecule has 0 aliphatic heterocycles. The van der Waals surface area contributed by atoms with Crippen molar-refractivity contribution in [2.24, 2.45) is 0 Å². The number of rotatable bonds is 10. The smallest absolute Gasteiger partial charge is 0.385 e. The van der Waals surface area contributed by atoms with E-state index in [1.54, 1.807) is 18.7 Å². The second-order valence-electron chi connectivity index (χ2n) is 9.07. The van der Waals surface area contributed by atoms with E-state index in [4.69, 9.17) is 0 Å². The van der Waals surface area contributed by atoms with Crippen LogP contribution in [0.2, 0.25) is 0 Å². The number of alkyl halides is 3. The van der Waals surface area contributed by atoms with Crippen LogP contribution in [0.1, 0.15) is 24.0 Å². The van der Waals surface area contributed by atoms with E-state index in [1.807, 2.05) is 53.9 Å². The molecule has 0 saturated heterocycles. The average Bonchev–Trinajstić information content (AvgIpc) is 3.28. The van der Waals surface area contributed by atoms with Crippen LogP contribution in [0.4, 0.5) is 24.5 Å². The Morgan fingerprint density at radius 3 is 2.57 bits per heavy atom. The summed E-state index contributed by atoms with van der Waals surface area (Å²) in [5.74, 6) is -0.399. The Hall–Kier alpha value is -3.92. The van der Waals surface area contributed by atoms with Gasteiger partial charge in [0.2, 0.25) is 5.91 Å². The molecule has 7 nitrogen and oxygen atoms in total. The molecular formula is C27H29F3N6O. The number of carbonyl (C=O) groups is 1. The van der Waals surface area contributed by atoms with Crippen LogP contribution in [0.15, 0.2) is 67.3 Å². The van der Waals surface area contributed by atoms with Crippen molar-refractivity contribution in [3.8, 4) is 5.69 Å². The quantitative estimate of drug-likeness (QED) is 0.281. The van der Waals surface area contributed by atoms with E-state index in [0.717, 1.165) is 47.7 Å². The van der Waals surface area contributed by atoms with E-state index in [9.17, 15) is 18.0 Å². The fourth-order valence-electron chi connectivity index (χ4n) is 4.02. The summed E-state index contributed by atoms with van der Waals surface area (Å²) in [7, 11) is 3.91. The highest BCUT2D eigenvalue weighted by Crippen LogP contribution is 2.36. The van der Waals surface area contributed by atoms with Crippen LogP contribution in [0.25, 0.3) is 16.7 Å². The summed E-state index contributed by atoms with van der Waals surface area (Å²) in [6, 6.07) is 13.0. The molecule has 0 spiro atoms. The van der Waals surface area contributed by atoms with Crippen molar-refractivity contribution >= 4 is 28.3 Å². The lowest BCUT2D eigenvalue weighted by atomic mass is 10.1. The number of nitrogens with zero attached hydrogens (tertiary/aromatic N) is 4. The van der Waals surface area contributed by atoms with Crippen molar-refractivity contribution in [1.82, 2.24) is 19.4 Å². The largest absolute Gasteiger partial charge is 0.418 e. The fraction of sp³-hybridized carbons (Fsp3) is 0.296. The van der Waals surface area contributed by atoms with Gasteiger partial charge in [-0.25, -0.2) is 4.98 Å². The SMILES string of the molecule is CN(C)CCCCNc1ccc(NC(=O)Cc2ccc(-n3cnc4cnccc43)cc2)cc1C(F)(F)F. The zero-order chi connectivity index (χ0) is 26.4. The zero-order valence-corrected chi connectivity index (χ0v) is 20.7. The maximum atomic E-state index is 13.7. The maximum Gasteiger partial charge on any atom is 0.418 e. The van der Waals surface area contributed by atoms with E-state index in [0.29, 0.717) is 6.54 Å². The minimum atomic E-state index is -4.55. The van der Waals surface area contributed by atoms with Crippen LogP contribution in [0.3, 0.4) is 0 Å². The molecule has 2 heterocycles. The minimum absolute atomic E-state index is 0.00810. The summed E-state index contributed by atoms with van der Waals surface area (Å²) in [6.07, 6.45) is 2.20. The Balaban J connectivity index is 1.38. The van der Waals surface area contributed by atoms with Gasteiger partial charge in [-0.2, -0.15) is 13.2 Å². The fourth-order valence-corrected chi connectivity index (χ4v) is 4.02. The number of halogens is 3. The highest BCUT2D eigenvalue weighted by atomic mass is 19.4. The molecule has 4 rings (SSSR count). The van der Waals surface area contributed by atoms with Crippen molar-refractivity contribution < 1.29 is 18.0 Å². The number of fused-ring (bicyclic) bond motifs is 1. The number of amides is 1. The first-order valence-corrected chi connectivity index (χ1v) is 12.0. The van der Waals surface area contributed by atoms with Gasteiger partial charge < -0.3 is 15.5 Å². The monoisotopic (exact) mass is 510 g/mol. The van der Waals surface area contributed by atoms with Crippen LogP contribution in [-0.2, 0) is 17.4 Å². The van der Waals surface area contributed by atoms with Gasteiger partial charge >= 0.3 is 6.18 Å². The van der Waals surface area contributed by atoms with Crippen LogP contribution < -0.4 is 10.6 Å². The first-order valence-electron chi connectivity index (χ1n) is 12.0. The number of hydrogen-bond donors (Lipinski definition) is 2. The van der Waals surface area contributed by atoms with Gasteiger partial charge in [0, 0.05) is 29.8 Å². The maximum absolute atomic E-state index is 13.7. The Labute approximate surface area is 213 Å². The number of hydrogen-bond acceptors (Lipinski definition) is 5. The Kier molecular flexibility index (Phi) is 8.08. The Bertz CT molecular complexity index is 1350. The van der Waals surface area contributed by atoms with Gasteiger partial charge in [-0.05, 0) is 75.4 Å². The molecule has 0 atom stereocenters. The summed E-state index contributed by atoms with van der Waals surface area (Å²) in [4.78, 5) is 23.0. The molecule has 0 radical (unpaired) electrons. The molecular weight excluding hydrogens is 481 g/mol. The molecule has 2 aromatic heterocycles. The third-order valence-corrected chi connectivity index (χ3v) is 5.89. The lowest BCUT2D eigenvalue weighted by Gasteiger charge is -2.17. The number of benzene rings is 2. The molecule has 0 aliphatic rings. The van der Waals surface area contributed by atoms with Crippen LogP contribution in [0.5, 0.6) is 0 Å². The molecule has 10 heteroatoms. The molecule has 2 aromatic carbocycles. The highest BCUT2D eigenvalue weighted by Gasteiger charge is 2.34. The molecule has 0 bridgehead atoms. The summed E-state index contributed by atoms with van der Waals surface area (Å²) in [5, 5.41) is 5.47. The zero-order valence-electron chi connectivity index (χ0n) is 20.7. The third-order valence-electron chi connectivity index (χ3n) is 5.89. The molecule has 4 aromatic rings. The first kappa shape index (κ1) is 26.2. The van der Waals surface area contributed by atoms with Gasteiger partial charge in [-0.1, -0.05) is 12.1 Å². The van der Waals surface area contributed by atoms with Gasteiger partial charge in [0.25, 0.3) is 0 Å². The van der Waals surface area contributed by atoms with Crippen molar-refractivity contribution in [1.29, 1.82) is 0 Å². The summed E-state index contributed by atoms with van der Waals surface area (Å²) >= 11 is 0. The minimum Gasteiger partial charge on any atom is -0.385 e. The molecule has 0 fully saturated rings. The van der Waals surface area contributed by atoms with Gasteiger partial charge in [0.1, 0.15) is 11.8 Å². The van der Waals surface area contributed by atoms with E-state index in [2.05, 4.69) is 20.6 Å². The molecule has 1 amide bonds. The topological polar surface area (TPSA) is 75.1 Å². The Morgan fingerprint density at radius 1 is 1.05 bits per heavy atom. The summed E-state index contributed by atoms with van der Waals surface area (Å²) in [6.45, 7) is 1.31. The molecule has 0 aliphatic carbocycles. The van der Waals surface area contributed by atoms with E-state index < -0.39 is 17.6 Å². The predicted octanol–water partition coefficient (Wildman–Crippen LogP) is 5.37. The van der Waals surface area contributed by atoms with E-state index >= 15 is 0 Å². The third kappa shape index (κ3) is 6.85. The Morgan fingerprint density at radius 2 is 1.84 bits per heavy atom. The number of pyridine rings is 1. The van der Waals surface area contributed by atoms with E-state index in [-0.39, 0.29) is 17.8 Å². The van der Waals surface area contributed by atoms with Crippen molar-refractivity contribution in [2.75, 3.05) is 37.8 Å². The molecule has 194 valence electrons. The van der Waals surface area contributed by atoms with Gasteiger partial charge in [0.15, 0.2) is 0 Å². The average molecular weight is 511 g/mol. The van der Waals surface area contributed by atoms with Crippen LogP contribution in [0, 0.1) is 0 Å². The van der Waals surface area contributed by atoms with Gasteiger partial charge in [-0.15, -0.1) is 0 Å². The molecule has 37 heavy (non-hydrogen) atoms. The normalized spacial score (nSPS) is 11.7. The number of carbonyl (C=O) groups excluding carboxylic acids is 1. The van der Waals surface area contributed by atoms with Crippen LogP contribution >= 0.6 is 0 Å². The predicted molar refractivity (Wildman–Crippen MR) is 139 cm³/mol. The lowest BCUT2D eigenvalue weighted by Crippen LogP contribution is -2.17.